The van der Waals surface area contributed by atoms with E-state index in [0.29, 0.717) is 6.61 Å². The second-order valence-corrected chi connectivity index (χ2v) is 12.2. The zero-order chi connectivity index (χ0) is 29.1. The highest BCUT2D eigenvalue weighted by atomic mass is 16.6. The fourth-order valence-electron chi connectivity index (χ4n) is 5.45. The van der Waals surface area contributed by atoms with Crippen molar-refractivity contribution in [3.8, 4) is 5.75 Å². The molecule has 2 aromatic rings. The van der Waals surface area contributed by atoms with Gasteiger partial charge in [-0.1, -0.05) is 127 Å². The molecule has 0 N–H and O–H groups in total. The molecule has 0 radical (unpaired) electrons. The van der Waals surface area contributed by atoms with Crippen molar-refractivity contribution in [3.05, 3.63) is 65.7 Å². The Morgan fingerprint density at radius 3 is 1.98 bits per heavy atom. The summed E-state index contributed by atoms with van der Waals surface area (Å²) in [5.74, 6) is 0.705. The Balaban J connectivity index is 1.77. The molecule has 0 aliphatic heterocycles. The zero-order valence-corrected chi connectivity index (χ0v) is 26.3. The third-order valence-electron chi connectivity index (χ3n) is 7.93. The van der Waals surface area contributed by atoms with E-state index in [4.69, 9.17) is 9.47 Å². The lowest BCUT2D eigenvalue weighted by Crippen LogP contribution is -2.45. The Morgan fingerprint density at radius 1 is 0.750 bits per heavy atom. The lowest BCUT2D eigenvalue weighted by Gasteiger charge is -2.33. The molecule has 0 aliphatic carbocycles. The molecule has 224 valence electrons. The molecule has 0 saturated heterocycles. The van der Waals surface area contributed by atoms with E-state index in [-0.39, 0.29) is 18.0 Å². The van der Waals surface area contributed by atoms with Gasteiger partial charge in [-0.05, 0) is 37.3 Å². The second kappa shape index (κ2) is 19.7. The molecule has 4 nitrogen and oxygen atoms in total. The third-order valence-corrected chi connectivity index (χ3v) is 7.93. The van der Waals surface area contributed by atoms with Gasteiger partial charge in [0.25, 0.3) is 0 Å². The molecule has 0 amide bonds. The van der Waals surface area contributed by atoms with Gasteiger partial charge in [-0.15, -0.1) is 0 Å². The van der Waals surface area contributed by atoms with Crippen LogP contribution in [0.25, 0.3) is 0 Å². The highest BCUT2D eigenvalue weighted by Gasteiger charge is 2.28. The molecule has 40 heavy (non-hydrogen) atoms. The van der Waals surface area contributed by atoms with E-state index in [1.165, 1.54) is 75.3 Å². The normalized spacial score (nSPS) is 13.1. The number of carbonyl (C=O) groups is 1. The summed E-state index contributed by atoms with van der Waals surface area (Å²) >= 11 is 0. The van der Waals surface area contributed by atoms with Crippen LogP contribution in [0.1, 0.15) is 109 Å². The summed E-state index contributed by atoms with van der Waals surface area (Å²) in [5, 5.41) is 0. The SMILES string of the molecule is CCCCCCCCCCCCc1ccccc1OC(CC)COC(=O)C(CC)C[N+](C)(C)Cc1ccccc1. The number of para-hydroxylation sites is 1. The highest BCUT2D eigenvalue weighted by Crippen LogP contribution is 2.23. The van der Waals surface area contributed by atoms with Crippen LogP contribution in [0.3, 0.4) is 0 Å². The maximum Gasteiger partial charge on any atom is 0.314 e. The van der Waals surface area contributed by atoms with Crippen LogP contribution in [0.2, 0.25) is 0 Å². The van der Waals surface area contributed by atoms with Gasteiger partial charge in [-0.25, -0.2) is 0 Å². The molecule has 4 heteroatoms. The lowest BCUT2D eigenvalue weighted by atomic mass is 10.0. The summed E-state index contributed by atoms with van der Waals surface area (Å²) in [6.45, 7) is 8.39. The quantitative estimate of drug-likeness (QED) is 0.0830. The number of hydrogen-bond donors (Lipinski definition) is 0. The van der Waals surface area contributed by atoms with E-state index in [1.807, 2.05) is 12.1 Å². The number of rotatable bonds is 22. The fraction of sp³-hybridized carbons (Fsp3) is 0.639. The van der Waals surface area contributed by atoms with E-state index in [0.717, 1.165) is 42.6 Å². The first-order valence-corrected chi connectivity index (χ1v) is 16.2. The van der Waals surface area contributed by atoms with Gasteiger partial charge in [0.15, 0.2) is 0 Å². The fourth-order valence-corrected chi connectivity index (χ4v) is 5.45. The predicted octanol–water partition coefficient (Wildman–Crippen LogP) is 9.15. The highest BCUT2D eigenvalue weighted by molar-refractivity contribution is 5.72. The van der Waals surface area contributed by atoms with Gasteiger partial charge in [-0.3, -0.25) is 4.79 Å². The smallest absolute Gasteiger partial charge is 0.314 e. The van der Waals surface area contributed by atoms with Gasteiger partial charge in [0.1, 0.15) is 30.9 Å². The van der Waals surface area contributed by atoms with Gasteiger partial charge < -0.3 is 14.0 Å². The minimum atomic E-state index is -0.137. The number of unbranched alkanes of at least 4 members (excludes halogenated alkanes) is 9. The summed E-state index contributed by atoms with van der Waals surface area (Å²) in [4.78, 5) is 13.1. The van der Waals surface area contributed by atoms with Crippen molar-refractivity contribution in [3.63, 3.8) is 0 Å². The van der Waals surface area contributed by atoms with Crippen molar-refractivity contribution in [2.45, 2.75) is 117 Å². The molecule has 0 saturated carbocycles. The number of carbonyl (C=O) groups excluding carboxylic acids is 1. The molecule has 2 atom stereocenters. The van der Waals surface area contributed by atoms with E-state index < -0.39 is 0 Å². The van der Waals surface area contributed by atoms with Crippen LogP contribution >= 0.6 is 0 Å². The Bertz CT molecular complexity index is 927. The minimum absolute atomic E-state index is 0.109. The van der Waals surface area contributed by atoms with Crippen LogP contribution in [0.5, 0.6) is 5.75 Å². The van der Waals surface area contributed by atoms with Crippen LogP contribution in [-0.2, 0) is 22.5 Å². The average Bonchev–Trinajstić information content (AvgIpc) is 2.95. The monoisotopic (exact) mass is 552 g/mol. The van der Waals surface area contributed by atoms with Gasteiger partial charge in [0.2, 0.25) is 0 Å². The minimum Gasteiger partial charge on any atom is -0.487 e. The Hall–Kier alpha value is -2.33. The molecule has 0 aromatic heterocycles. The van der Waals surface area contributed by atoms with E-state index in [1.54, 1.807) is 0 Å². The van der Waals surface area contributed by atoms with Crippen molar-refractivity contribution in [2.24, 2.45) is 5.92 Å². The molecule has 0 bridgehead atoms. The molecular formula is C36H58NO3+. The first kappa shape index (κ1) is 33.9. The maximum absolute atomic E-state index is 13.1. The van der Waals surface area contributed by atoms with E-state index in [9.17, 15) is 4.79 Å². The van der Waals surface area contributed by atoms with Crippen molar-refractivity contribution < 1.29 is 18.8 Å². The molecule has 2 unspecified atom stereocenters. The molecule has 0 heterocycles. The molecule has 0 fully saturated rings. The van der Waals surface area contributed by atoms with Crippen LogP contribution in [-0.4, -0.2) is 43.8 Å². The number of nitrogens with zero attached hydrogens (tertiary/aromatic N) is 1. The number of esters is 1. The van der Waals surface area contributed by atoms with Crippen LogP contribution in [0.15, 0.2) is 54.6 Å². The summed E-state index contributed by atoms with van der Waals surface area (Å²) in [7, 11) is 4.37. The van der Waals surface area contributed by atoms with Crippen molar-refractivity contribution in [1.29, 1.82) is 0 Å². The molecular weight excluding hydrogens is 494 g/mol. The van der Waals surface area contributed by atoms with Gasteiger partial charge in [-0.2, -0.15) is 0 Å². The van der Waals surface area contributed by atoms with E-state index in [2.05, 4.69) is 77.3 Å². The number of aryl methyl sites for hydroxylation is 1. The third kappa shape index (κ3) is 13.8. The number of benzene rings is 2. The Labute approximate surface area is 246 Å². The Morgan fingerprint density at radius 2 is 1.35 bits per heavy atom. The van der Waals surface area contributed by atoms with Crippen molar-refractivity contribution in [2.75, 3.05) is 27.2 Å². The number of quaternary nitrogens is 1. The van der Waals surface area contributed by atoms with Crippen LogP contribution in [0, 0.1) is 5.92 Å². The topological polar surface area (TPSA) is 35.5 Å². The zero-order valence-electron chi connectivity index (χ0n) is 26.3. The summed E-state index contributed by atoms with van der Waals surface area (Å²) in [5.41, 5.74) is 2.55. The summed E-state index contributed by atoms with van der Waals surface area (Å²) < 4.78 is 13.0. The molecule has 2 rings (SSSR count). The molecule has 0 spiro atoms. The number of hydrogen-bond acceptors (Lipinski definition) is 3. The lowest BCUT2D eigenvalue weighted by molar-refractivity contribution is -0.906. The van der Waals surface area contributed by atoms with Crippen molar-refractivity contribution >= 4 is 5.97 Å². The van der Waals surface area contributed by atoms with Gasteiger partial charge in [0.05, 0.1) is 20.6 Å². The first-order valence-electron chi connectivity index (χ1n) is 16.2. The van der Waals surface area contributed by atoms with Gasteiger partial charge in [0, 0.05) is 5.56 Å². The van der Waals surface area contributed by atoms with Crippen molar-refractivity contribution in [1.82, 2.24) is 0 Å². The van der Waals surface area contributed by atoms with Crippen LogP contribution in [0.4, 0.5) is 0 Å². The standard InChI is InChI=1S/C36H58NO3/c1-6-9-10-11-12-13-14-15-16-20-25-33-26-21-22-27-35(33)40-34(8-3)30-39-36(38)32(7-2)29-37(4,5)28-31-23-18-17-19-24-31/h17-19,21-24,26-27,32,34H,6-16,20,25,28-30H2,1-5H3/q+1. The summed E-state index contributed by atoms with van der Waals surface area (Å²) in [6, 6.07) is 18.9. The second-order valence-electron chi connectivity index (χ2n) is 12.2. The number of ether oxygens (including phenoxy) is 2. The Kier molecular flexibility index (Phi) is 16.7. The first-order chi connectivity index (χ1) is 19.4. The average molecular weight is 553 g/mol. The molecule has 2 aromatic carbocycles. The summed E-state index contributed by atoms with van der Waals surface area (Å²) in [6.07, 6.45) is 15.9. The molecule has 0 aliphatic rings. The van der Waals surface area contributed by atoms with Gasteiger partial charge >= 0.3 is 5.97 Å². The maximum atomic E-state index is 13.1. The largest absolute Gasteiger partial charge is 0.487 e. The van der Waals surface area contributed by atoms with E-state index >= 15 is 0 Å². The predicted molar refractivity (Wildman–Crippen MR) is 169 cm³/mol. The van der Waals surface area contributed by atoms with Crippen LogP contribution < -0.4 is 4.74 Å².